The number of rotatable bonds is 5. The van der Waals surface area contributed by atoms with Crippen LogP contribution in [0.2, 0.25) is 0 Å². The van der Waals surface area contributed by atoms with Gasteiger partial charge in [-0.25, -0.2) is 0 Å². The van der Waals surface area contributed by atoms with Gasteiger partial charge < -0.3 is 15.3 Å². The first-order valence-corrected chi connectivity index (χ1v) is 10.1. The summed E-state index contributed by atoms with van der Waals surface area (Å²) in [6, 6.07) is -0.163. The average Bonchev–Trinajstić information content (AvgIpc) is 2.58. The highest BCUT2D eigenvalue weighted by Gasteiger charge is 2.30. The highest BCUT2D eigenvalue weighted by molar-refractivity contribution is 4.85. The van der Waals surface area contributed by atoms with Gasteiger partial charge in [0.1, 0.15) is 0 Å². The van der Waals surface area contributed by atoms with Crippen molar-refractivity contribution in [3.05, 3.63) is 5.21 Å². The number of hydrogen-bond acceptors (Lipinski definition) is 4. The average molecular weight is 324 g/mol. The molecule has 3 fully saturated rings. The monoisotopic (exact) mass is 323 g/mol. The number of piperidine rings is 1. The molecule has 0 aromatic heterocycles. The summed E-state index contributed by atoms with van der Waals surface area (Å²) in [5.41, 5.74) is 0. The first-order chi connectivity index (χ1) is 11.2. The van der Waals surface area contributed by atoms with E-state index in [1.165, 1.54) is 70.9 Å². The smallest absolute Gasteiger partial charge is 0.0257 e. The van der Waals surface area contributed by atoms with Gasteiger partial charge in [0.25, 0.3) is 0 Å². The molecule has 4 nitrogen and oxygen atoms in total. The van der Waals surface area contributed by atoms with Crippen LogP contribution in [-0.4, -0.2) is 41.0 Å². The molecule has 3 aliphatic rings. The van der Waals surface area contributed by atoms with Crippen molar-refractivity contribution in [2.45, 2.75) is 83.1 Å². The predicted molar refractivity (Wildman–Crippen MR) is 93.1 cm³/mol. The lowest BCUT2D eigenvalue weighted by Gasteiger charge is -2.43. The van der Waals surface area contributed by atoms with E-state index in [0.717, 1.165) is 37.6 Å². The molecule has 0 bridgehead atoms. The second-order valence-electron chi connectivity index (χ2n) is 8.40. The largest absolute Gasteiger partial charge is 0.762 e. The van der Waals surface area contributed by atoms with Gasteiger partial charge in [0.15, 0.2) is 0 Å². The van der Waals surface area contributed by atoms with Gasteiger partial charge in [-0.15, -0.1) is 0 Å². The summed E-state index contributed by atoms with van der Waals surface area (Å²) in [6.45, 7) is 3.41. The van der Waals surface area contributed by atoms with E-state index in [2.05, 4.69) is 4.90 Å². The number of nitrogens with zero attached hydrogens (tertiary/aromatic N) is 2. The summed E-state index contributed by atoms with van der Waals surface area (Å²) in [7, 11) is 0. The van der Waals surface area contributed by atoms with Crippen molar-refractivity contribution in [3.8, 4) is 0 Å². The molecule has 4 heteroatoms. The van der Waals surface area contributed by atoms with Crippen molar-refractivity contribution < 1.29 is 5.21 Å². The van der Waals surface area contributed by atoms with Crippen LogP contribution in [0.25, 0.3) is 0 Å². The van der Waals surface area contributed by atoms with Crippen molar-refractivity contribution in [1.29, 1.82) is 0 Å². The van der Waals surface area contributed by atoms with E-state index in [1.807, 2.05) is 0 Å². The molecule has 1 heterocycles. The van der Waals surface area contributed by atoms with E-state index in [4.69, 9.17) is 0 Å². The Balaban J connectivity index is 1.39. The zero-order valence-electron chi connectivity index (χ0n) is 14.7. The predicted octanol–water partition coefficient (Wildman–Crippen LogP) is 4.42. The Morgan fingerprint density at radius 3 is 2.13 bits per heavy atom. The molecule has 0 radical (unpaired) electrons. The van der Waals surface area contributed by atoms with Crippen LogP contribution >= 0.6 is 0 Å². The second kappa shape index (κ2) is 8.80. The van der Waals surface area contributed by atoms with E-state index in [9.17, 15) is 10.4 Å². The summed E-state index contributed by atoms with van der Waals surface area (Å²) in [4.78, 5) is 2.56. The SMILES string of the molecule is [O-]N(O)C1CCCCC1CN1CCC(CC2CCCCC2)CC1. The van der Waals surface area contributed by atoms with Crippen molar-refractivity contribution in [3.63, 3.8) is 0 Å². The van der Waals surface area contributed by atoms with Crippen LogP contribution < -0.4 is 0 Å². The highest BCUT2D eigenvalue weighted by Crippen LogP contribution is 2.34. The standard InChI is InChI=1S/C19H35N2O2/c22-21(23)19-9-5-4-8-18(19)15-20-12-10-17(11-13-20)14-16-6-2-1-3-7-16/h16-19,22H,1-15H2/q-1. The Labute approximate surface area is 141 Å². The number of likely N-dealkylation sites (tertiary alicyclic amines) is 1. The van der Waals surface area contributed by atoms with Crippen molar-refractivity contribution in [1.82, 2.24) is 10.1 Å². The van der Waals surface area contributed by atoms with Gasteiger partial charge in [-0.2, -0.15) is 0 Å². The minimum atomic E-state index is -0.163. The lowest BCUT2D eigenvalue weighted by molar-refractivity contribution is -0.110. The molecule has 1 aliphatic heterocycles. The molecule has 3 rings (SSSR count). The zero-order valence-corrected chi connectivity index (χ0v) is 14.7. The van der Waals surface area contributed by atoms with Crippen molar-refractivity contribution in [2.75, 3.05) is 19.6 Å². The minimum Gasteiger partial charge on any atom is -0.762 e. The van der Waals surface area contributed by atoms with Gasteiger partial charge in [0, 0.05) is 12.6 Å². The maximum absolute atomic E-state index is 11.4. The molecular weight excluding hydrogens is 288 g/mol. The van der Waals surface area contributed by atoms with E-state index in [0.29, 0.717) is 5.92 Å². The topological polar surface area (TPSA) is 49.8 Å². The summed E-state index contributed by atoms with van der Waals surface area (Å²) >= 11 is 0. The molecule has 134 valence electrons. The van der Waals surface area contributed by atoms with Crippen molar-refractivity contribution in [2.24, 2.45) is 17.8 Å². The molecule has 23 heavy (non-hydrogen) atoms. The van der Waals surface area contributed by atoms with Gasteiger partial charge in [-0.3, -0.25) is 5.23 Å². The summed E-state index contributed by atoms with van der Waals surface area (Å²) in [5.74, 6) is 2.30. The molecular formula is C19H35N2O2-. The van der Waals surface area contributed by atoms with E-state index >= 15 is 0 Å². The summed E-state index contributed by atoms with van der Waals surface area (Å²) < 4.78 is 0. The minimum absolute atomic E-state index is 0.163. The lowest BCUT2D eigenvalue weighted by atomic mass is 9.79. The molecule has 0 aromatic rings. The Morgan fingerprint density at radius 2 is 1.43 bits per heavy atom. The molecule has 1 N–H and O–H groups in total. The Morgan fingerprint density at radius 1 is 0.826 bits per heavy atom. The van der Waals surface area contributed by atoms with Gasteiger partial charge >= 0.3 is 0 Å². The Bertz CT molecular complexity index is 336. The fraction of sp³-hybridized carbons (Fsp3) is 1.00. The van der Waals surface area contributed by atoms with Crippen LogP contribution in [0.4, 0.5) is 0 Å². The zero-order chi connectivity index (χ0) is 16.1. The normalized spacial score (nSPS) is 32.5. The Kier molecular flexibility index (Phi) is 6.75. The first-order valence-electron chi connectivity index (χ1n) is 10.1. The van der Waals surface area contributed by atoms with Gasteiger partial charge in [-0.05, 0) is 62.9 Å². The summed E-state index contributed by atoms with van der Waals surface area (Å²) in [5, 5.41) is 21.0. The first kappa shape index (κ1) is 17.7. The molecule has 1 saturated heterocycles. The number of hydroxylamine groups is 2. The van der Waals surface area contributed by atoms with Crippen LogP contribution in [0.1, 0.15) is 77.0 Å². The van der Waals surface area contributed by atoms with Gasteiger partial charge in [0.2, 0.25) is 0 Å². The molecule has 2 atom stereocenters. The number of hydrogen-bond donors (Lipinski definition) is 1. The maximum atomic E-state index is 11.4. The molecule has 0 aromatic carbocycles. The fourth-order valence-electron chi connectivity index (χ4n) is 5.32. The maximum Gasteiger partial charge on any atom is 0.0257 e. The van der Waals surface area contributed by atoms with E-state index in [1.54, 1.807) is 0 Å². The van der Waals surface area contributed by atoms with Gasteiger partial charge in [0.05, 0.1) is 0 Å². The highest BCUT2D eigenvalue weighted by atomic mass is 16.8. The molecule has 2 aliphatic carbocycles. The van der Waals surface area contributed by atoms with Crippen LogP contribution in [0, 0.1) is 23.0 Å². The van der Waals surface area contributed by atoms with Crippen LogP contribution in [-0.2, 0) is 0 Å². The van der Waals surface area contributed by atoms with E-state index < -0.39 is 0 Å². The fourth-order valence-corrected chi connectivity index (χ4v) is 5.32. The van der Waals surface area contributed by atoms with Gasteiger partial charge in [-0.1, -0.05) is 44.9 Å². The molecule has 0 spiro atoms. The van der Waals surface area contributed by atoms with Crippen LogP contribution in [0.5, 0.6) is 0 Å². The third kappa shape index (κ3) is 5.15. The van der Waals surface area contributed by atoms with Crippen LogP contribution in [0.15, 0.2) is 0 Å². The third-order valence-corrected chi connectivity index (χ3v) is 6.74. The molecule has 0 amide bonds. The summed E-state index contributed by atoms with van der Waals surface area (Å²) in [6.07, 6.45) is 15.7. The van der Waals surface area contributed by atoms with Crippen LogP contribution in [0.3, 0.4) is 0 Å². The quantitative estimate of drug-likeness (QED) is 0.761. The van der Waals surface area contributed by atoms with Crippen molar-refractivity contribution >= 4 is 0 Å². The van der Waals surface area contributed by atoms with E-state index in [-0.39, 0.29) is 11.3 Å². The molecule has 2 saturated carbocycles. The molecule has 2 unspecified atom stereocenters. The lowest BCUT2D eigenvalue weighted by Crippen LogP contribution is -2.45. The third-order valence-electron chi connectivity index (χ3n) is 6.74. The second-order valence-corrected chi connectivity index (χ2v) is 8.40. The Hall–Kier alpha value is -0.160.